The molecule has 1 amide bonds. The van der Waals surface area contributed by atoms with Crippen molar-refractivity contribution >= 4 is 51.0 Å². The van der Waals surface area contributed by atoms with E-state index >= 15 is 0 Å². The molecule has 168 valence electrons. The van der Waals surface area contributed by atoms with E-state index < -0.39 is 34.4 Å². The number of sulfonamides is 1. The molecule has 9 nitrogen and oxygen atoms in total. The summed E-state index contributed by atoms with van der Waals surface area (Å²) >= 11 is 1.42. The number of thioether (sulfide) groups is 1. The van der Waals surface area contributed by atoms with Crippen molar-refractivity contribution in [2.75, 3.05) is 18.2 Å². The number of ketones is 1. The Morgan fingerprint density at radius 2 is 1.91 bits per heavy atom. The number of aliphatic imine (C=N–C) groups is 1. The van der Waals surface area contributed by atoms with Crippen molar-refractivity contribution < 1.29 is 27.5 Å². The molecule has 0 aliphatic carbocycles. The monoisotopic (exact) mass is 475 g/mol. The Bertz CT molecular complexity index is 1220. The standard InChI is InChI=1S/C21H21N3O6S2/c1-12(22-20-15-6-4-5-7-19(15)32(28,29)24-20)21(27)30-11-17(26)14-8-9-18(31-3)16(10-14)23-13(2)25/h4-10,12H,11H2,1-3H3,(H,22,24)(H,23,25)/t12-/m0/s1. The highest BCUT2D eigenvalue weighted by molar-refractivity contribution is 7.98. The zero-order valence-electron chi connectivity index (χ0n) is 17.5. The Kier molecular flexibility index (Phi) is 6.99. The van der Waals surface area contributed by atoms with Crippen LogP contribution in [0.1, 0.15) is 29.8 Å². The maximum absolute atomic E-state index is 12.5. The second-order valence-corrected chi connectivity index (χ2v) is 9.38. The first-order valence-corrected chi connectivity index (χ1v) is 12.2. The van der Waals surface area contributed by atoms with E-state index in [0.717, 1.165) is 4.90 Å². The number of Topliss-reactive ketones (excluding diaryl/α,β-unsaturated/α-hetero) is 1. The Morgan fingerprint density at radius 3 is 2.59 bits per heavy atom. The number of nitrogens with zero attached hydrogens (tertiary/aromatic N) is 1. The topological polar surface area (TPSA) is 131 Å². The summed E-state index contributed by atoms with van der Waals surface area (Å²) < 4.78 is 31.7. The van der Waals surface area contributed by atoms with Gasteiger partial charge in [0.25, 0.3) is 10.0 Å². The van der Waals surface area contributed by atoms with Crippen LogP contribution in [0.25, 0.3) is 0 Å². The number of ether oxygens (including phenoxy) is 1. The fourth-order valence-electron chi connectivity index (χ4n) is 2.99. The predicted molar refractivity (Wildman–Crippen MR) is 121 cm³/mol. The van der Waals surface area contributed by atoms with Gasteiger partial charge in [-0.15, -0.1) is 11.8 Å². The molecule has 0 spiro atoms. The lowest BCUT2D eigenvalue weighted by Crippen LogP contribution is -2.27. The van der Waals surface area contributed by atoms with Gasteiger partial charge in [-0.05, 0) is 37.4 Å². The van der Waals surface area contributed by atoms with Gasteiger partial charge in [0.2, 0.25) is 5.91 Å². The summed E-state index contributed by atoms with van der Waals surface area (Å²) in [6.45, 7) is 2.29. The molecule has 0 saturated heterocycles. The van der Waals surface area contributed by atoms with Gasteiger partial charge < -0.3 is 10.1 Å². The van der Waals surface area contributed by atoms with Crippen LogP contribution in [-0.2, 0) is 24.3 Å². The van der Waals surface area contributed by atoms with Gasteiger partial charge >= 0.3 is 5.97 Å². The first kappa shape index (κ1) is 23.5. The van der Waals surface area contributed by atoms with Crippen LogP contribution in [0, 0.1) is 0 Å². The number of carbonyl (C=O) groups is 3. The minimum atomic E-state index is -3.73. The molecule has 1 aliphatic rings. The first-order valence-electron chi connectivity index (χ1n) is 9.48. The molecule has 11 heteroatoms. The van der Waals surface area contributed by atoms with Crippen LogP contribution in [-0.4, -0.2) is 50.8 Å². The zero-order valence-corrected chi connectivity index (χ0v) is 19.2. The lowest BCUT2D eigenvalue weighted by Gasteiger charge is -2.11. The molecule has 2 aromatic rings. The Morgan fingerprint density at radius 1 is 1.19 bits per heavy atom. The van der Waals surface area contributed by atoms with E-state index in [1.54, 1.807) is 30.3 Å². The average molecular weight is 476 g/mol. The molecule has 3 rings (SSSR count). The third-order valence-corrected chi connectivity index (χ3v) is 6.70. The Hall–Kier alpha value is -3.18. The van der Waals surface area contributed by atoms with Gasteiger partial charge in [0.1, 0.15) is 11.9 Å². The minimum Gasteiger partial charge on any atom is -0.456 e. The first-order chi connectivity index (χ1) is 15.1. The average Bonchev–Trinajstić information content (AvgIpc) is 3.01. The normalized spacial score (nSPS) is 16.0. The molecule has 2 aromatic carbocycles. The van der Waals surface area contributed by atoms with Gasteiger partial charge in [0.05, 0.1) is 10.6 Å². The van der Waals surface area contributed by atoms with Crippen molar-refractivity contribution in [2.24, 2.45) is 4.99 Å². The number of amidine groups is 1. The number of anilines is 1. The van der Waals surface area contributed by atoms with Crippen molar-refractivity contribution in [3.05, 3.63) is 53.6 Å². The number of rotatable bonds is 7. The Labute approximate surface area is 189 Å². The highest BCUT2D eigenvalue weighted by Crippen LogP contribution is 2.27. The summed E-state index contributed by atoms with van der Waals surface area (Å²) in [5.41, 5.74) is 1.13. The summed E-state index contributed by atoms with van der Waals surface area (Å²) in [6.07, 6.45) is 1.84. The number of hydrogen-bond donors (Lipinski definition) is 2. The molecule has 2 N–H and O–H groups in total. The highest BCUT2D eigenvalue weighted by Gasteiger charge is 2.31. The van der Waals surface area contributed by atoms with E-state index in [4.69, 9.17) is 4.74 Å². The van der Waals surface area contributed by atoms with E-state index in [2.05, 4.69) is 15.0 Å². The lowest BCUT2D eigenvalue weighted by atomic mass is 10.1. The van der Waals surface area contributed by atoms with Crippen LogP contribution in [0.3, 0.4) is 0 Å². The lowest BCUT2D eigenvalue weighted by molar-refractivity contribution is -0.143. The van der Waals surface area contributed by atoms with E-state index in [1.165, 1.54) is 37.7 Å². The fourth-order valence-corrected chi connectivity index (χ4v) is 4.76. The van der Waals surface area contributed by atoms with Crippen LogP contribution in [0.4, 0.5) is 5.69 Å². The van der Waals surface area contributed by atoms with Gasteiger partial charge in [0, 0.05) is 22.9 Å². The molecular weight excluding hydrogens is 454 g/mol. The summed E-state index contributed by atoms with van der Waals surface area (Å²) in [7, 11) is -3.73. The molecule has 0 bridgehead atoms. The minimum absolute atomic E-state index is 0.0454. The molecule has 0 unspecified atom stereocenters. The number of hydrogen-bond acceptors (Lipinski definition) is 8. The third kappa shape index (κ3) is 5.17. The van der Waals surface area contributed by atoms with Crippen LogP contribution >= 0.6 is 11.8 Å². The number of nitrogens with one attached hydrogen (secondary N) is 2. The molecule has 1 heterocycles. The quantitative estimate of drug-likeness (QED) is 0.357. The number of carbonyl (C=O) groups excluding carboxylic acids is 3. The highest BCUT2D eigenvalue weighted by atomic mass is 32.2. The predicted octanol–water partition coefficient (Wildman–Crippen LogP) is 2.22. The van der Waals surface area contributed by atoms with Crippen molar-refractivity contribution in [1.82, 2.24) is 4.72 Å². The van der Waals surface area contributed by atoms with Crippen molar-refractivity contribution in [3.63, 3.8) is 0 Å². The van der Waals surface area contributed by atoms with Crippen LogP contribution < -0.4 is 10.0 Å². The third-order valence-electron chi connectivity index (χ3n) is 4.50. The van der Waals surface area contributed by atoms with Crippen LogP contribution in [0.15, 0.2) is 57.2 Å². The van der Waals surface area contributed by atoms with E-state index in [1.807, 2.05) is 6.26 Å². The summed E-state index contributed by atoms with van der Waals surface area (Å²) in [5.74, 6) is -1.46. The van der Waals surface area contributed by atoms with E-state index in [0.29, 0.717) is 11.3 Å². The van der Waals surface area contributed by atoms with Crippen LogP contribution in [0.5, 0.6) is 0 Å². The zero-order chi connectivity index (χ0) is 23.5. The van der Waals surface area contributed by atoms with Gasteiger partial charge in [-0.1, -0.05) is 18.2 Å². The van der Waals surface area contributed by atoms with Crippen molar-refractivity contribution in [3.8, 4) is 0 Å². The molecule has 0 saturated carbocycles. The summed E-state index contributed by atoms with van der Waals surface area (Å²) in [5, 5.41) is 2.66. The molecular formula is C21H21N3O6S2. The summed E-state index contributed by atoms with van der Waals surface area (Å²) in [4.78, 5) is 41.2. The number of amides is 1. The molecule has 0 aromatic heterocycles. The smallest absolute Gasteiger partial charge is 0.331 e. The van der Waals surface area contributed by atoms with Gasteiger partial charge in [-0.2, -0.15) is 0 Å². The Balaban J connectivity index is 1.68. The summed E-state index contributed by atoms with van der Waals surface area (Å²) in [6, 6.07) is 10.0. The van der Waals surface area contributed by atoms with E-state index in [-0.39, 0.29) is 22.2 Å². The van der Waals surface area contributed by atoms with Gasteiger partial charge in [0.15, 0.2) is 12.4 Å². The largest absolute Gasteiger partial charge is 0.456 e. The molecule has 32 heavy (non-hydrogen) atoms. The molecule has 0 fully saturated rings. The molecule has 1 atom stereocenters. The van der Waals surface area contributed by atoms with Gasteiger partial charge in [-0.25, -0.2) is 13.2 Å². The van der Waals surface area contributed by atoms with E-state index in [9.17, 15) is 22.8 Å². The number of esters is 1. The molecule has 1 aliphatic heterocycles. The van der Waals surface area contributed by atoms with Crippen molar-refractivity contribution in [2.45, 2.75) is 29.7 Å². The molecule has 0 radical (unpaired) electrons. The second kappa shape index (κ2) is 9.53. The maximum atomic E-state index is 12.5. The van der Waals surface area contributed by atoms with Gasteiger partial charge in [-0.3, -0.25) is 19.3 Å². The van der Waals surface area contributed by atoms with Crippen molar-refractivity contribution in [1.29, 1.82) is 0 Å². The van der Waals surface area contributed by atoms with Crippen LogP contribution in [0.2, 0.25) is 0 Å². The second-order valence-electron chi connectivity index (χ2n) is 6.88. The fraction of sp³-hybridized carbons (Fsp3) is 0.238. The number of benzene rings is 2. The SMILES string of the molecule is CSc1ccc(C(=O)COC(=O)[C@H](C)N=C2NS(=O)(=O)c3ccccc32)cc1NC(C)=O. The maximum Gasteiger partial charge on any atom is 0.331 e. The number of fused-ring (bicyclic) bond motifs is 1.